The summed E-state index contributed by atoms with van der Waals surface area (Å²) in [5.74, 6) is 0. The summed E-state index contributed by atoms with van der Waals surface area (Å²) in [6, 6.07) is 52.4. The number of rotatable bonds is 4. The van der Waals surface area contributed by atoms with Gasteiger partial charge in [-0.2, -0.15) is 0 Å². The van der Waals surface area contributed by atoms with Gasteiger partial charge in [0.25, 0.3) is 0 Å². The summed E-state index contributed by atoms with van der Waals surface area (Å²) in [5.41, 5.74) is 6.95. The second-order valence-corrected chi connectivity index (χ2v) is 11.8. The lowest BCUT2D eigenvalue weighted by Gasteiger charge is -2.28. The highest BCUT2D eigenvalue weighted by Gasteiger charge is 2.23. The van der Waals surface area contributed by atoms with E-state index in [9.17, 15) is 0 Å². The summed E-state index contributed by atoms with van der Waals surface area (Å²) in [4.78, 5) is 0. The second-order valence-electron chi connectivity index (χ2n) is 10.7. The number of anilines is 2. The molecule has 3 nitrogen and oxygen atoms in total. The normalized spacial score (nSPS) is 11.8. The number of benzene rings is 6. The SMILES string of the molecule is c1ccc(N(c2ccccc2)n2c3cc4c(cc3c3ccc5c(ccn5-c5ccccc5)c32)sc2ccccc24)cc1. The Labute approximate surface area is 246 Å². The van der Waals surface area contributed by atoms with Crippen LogP contribution in [-0.4, -0.2) is 9.24 Å². The Kier molecular flexibility index (Phi) is 5.07. The molecule has 0 aliphatic carbocycles. The molecule has 0 radical (unpaired) electrons. The molecule has 0 N–H and O–H groups in total. The molecule has 0 saturated carbocycles. The molecule has 0 unspecified atom stereocenters. The van der Waals surface area contributed by atoms with E-state index in [0.717, 1.165) is 17.1 Å². The molecule has 0 spiro atoms. The van der Waals surface area contributed by atoms with Crippen molar-refractivity contribution in [3.63, 3.8) is 0 Å². The Bertz CT molecular complexity index is 2360. The minimum absolute atomic E-state index is 1.11. The maximum Gasteiger partial charge on any atom is 0.0810 e. The van der Waals surface area contributed by atoms with Crippen LogP contribution in [0, 0.1) is 0 Å². The predicted octanol–water partition coefficient (Wildman–Crippen LogP) is 10.7. The van der Waals surface area contributed by atoms with Crippen LogP contribution in [0.15, 0.2) is 152 Å². The zero-order valence-corrected chi connectivity index (χ0v) is 23.5. The summed E-state index contributed by atoms with van der Waals surface area (Å²) < 4.78 is 7.37. The molecule has 198 valence electrons. The van der Waals surface area contributed by atoms with Crippen molar-refractivity contribution in [3.8, 4) is 5.69 Å². The second kappa shape index (κ2) is 9.10. The van der Waals surface area contributed by atoms with E-state index in [-0.39, 0.29) is 0 Å². The van der Waals surface area contributed by atoms with Crippen LogP contribution in [0.4, 0.5) is 11.4 Å². The fourth-order valence-electron chi connectivity index (χ4n) is 6.46. The minimum Gasteiger partial charge on any atom is -0.316 e. The van der Waals surface area contributed by atoms with Crippen LogP contribution in [0.2, 0.25) is 0 Å². The maximum absolute atomic E-state index is 2.44. The molecule has 4 heteroatoms. The highest BCUT2D eigenvalue weighted by atomic mass is 32.1. The summed E-state index contributed by atoms with van der Waals surface area (Å²) >= 11 is 1.87. The molecule has 0 aliphatic heterocycles. The van der Waals surface area contributed by atoms with Gasteiger partial charge in [0.1, 0.15) is 0 Å². The molecular formula is C38H25N3S. The molecule has 6 aromatic carbocycles. The van der Waals surface area contributed by atoms with Crippen molar-refractivity contribution in [1.29, 1.82) is 0 Å². The zero-order valence-electron chi connectivity index (χ0n) is 22.7. The van der Waals surface area contributed by atoms with E-state index in [1.54, 1.807) is 0 Å². The van der Waals surface area contributed by atoms with Crippen molar-refractivity contribution in [2.24, 2.45) is 0 Å². The summed E-state index contributed by atoms with van der Waals surface area (Å²) in [6.45, 7) is 0. The van der Waals surface area contributed by atoms with Crippen LogP contribution in [0.5, 0.6) is 0 Å². The molecule has 0 bridgehead atoms. The summed E-state index contributed by atoms with van der Waals surface area (Å²) in [7, 11) is 0. The molecule has 0 amide bonds. The number of nitrogens with zero attached hydrogens (tertiary/aromatic N) is 3. The van der Waals surface area contributed by atoms with E-state index < -0.39 is 0 Å². The third kappa shape index (κ3) is 3.39. The Morgan fingerprint density at radius 1 is 0.452 bits per heavy atom. The maximum atomic E-state index is 2.44. The average Bonchev–Trinajstić information content (AvgIpc) is 3.74. The first-order valence-corrected chi connectivity index (χ1v) is 15.0. The van der Waals surface area contributed by atoms with E-state index in [0.29, 0.717) is 0 Å². The number of hydrogen-bond acceptors (Lipinski definition) is 2. The molecule has 0 atom stereocenters. The van der Waals surface area contributed by atoms with E-state index in [4.69, 9.17) is 0 Å². The Morgan fingerprint density at radius 3 is 1.86 bits per heavy atom. The van der Waals surface area contributed by atoms with Crippen molar-refractivity contribution in [2.45, 2.75) is 0 Å². The number of thiophene rings is 1. The van der Waals surface area contributed by atoms with Crippen LogP contribution >= 0.6 is 11.3 Å². The van der Waals surface area contributed by atoms with Gasteiger partial charge < -0.3 is 4.57 Å². The lowest BCUT2D eigenvalue weighted by atomic mass is 10.1. The fourth-order valence-corrected chi connectivity index (χ4v) is 7.58. The first-order valence-electron chi connectivity index (χ1n) is 14.2. The average molecular weight is 556 g/mol. The quantitative estimate of drug-likeness (QED) is 0.210. The van der Waals surface area contributed by atoms with Gasteiger partial charge in [0.05, 0.1) is 27.9 Å². The first kappa shape index (κ1) is 23.4. The third-order valence-electron chi connectivity index (χ3n) is 8.30. The number of hydrogen-bond donors (Lipinski definition) is 0. The number of aromatic nitrogens is 2. The largest absolute Gasteiger partial charge is 0.316 e. The molecule has 9 aromatic rings. The number of fused-ring (bicyclic) bond motifs is 8. The van der Waals surface area contributed by atoms with Gasteiger partial charge in [0.2, 0.25) is 0 Å². The molecular weight excluding hydrogens is 531 g/mol. The zero-order chi connectivity index (χ0) is 27.6. The van der Waals surface area contributed by atoms with Crippen LogP contribution in [0.25, 0.3) is 58.6 Å². The summed E-state index contributed by atoms with van der Waals surface area (Å²) in [6.07, 6.45) is 2.20. The lowest BCUT2D eigenvalue weighted by molar-refractivity contribution is 0.889. The van der Waals surface area contributed by atoms with Gasteiger partial charge in [-0.25, -0.2) is 9.69 Å². The third-order valence-corrected chi connectivity index (χ3v) is 9.44. The fraction of sp³-hybridized carbons (Fsp3) is 0. The Hall–Kier alpha value is -5.32. The molecule has 9 rings (SSSR count). The van der Waals surface area contributed by atoms with E-state index >= 15 is 0 Å². The molecule has 0 fully saturated rings. The smallest absolute Gasteiger partial charge is 0.0810 e. The topological polar surface area (TPSA) is 13.1 Å². The molecule has 42 heavy (non-hydrogen) atoms. The van der Waals surface area contributed by atoms with Crippen LogP contribution in [0.1, 0.15) is 0 Å². The van der Waals surface area contributed by atoms with Gasteiger partial charge in [0.15, 0.2) is 0 Å². The van der Waals surface area contributed by atoms with Crippen molar-refractivity contribution < 1.29 is 0 Å². The van der Waals surface area contributed by atoms with Crippen LogP contribution in [0.3, 0.4) is 0 Å². The number of para-hydroxylation sites is 3. The summed E-state index contributed by atoms with van der Waals surface area (Å²) in [5, 5.41) is 8.70. The Morgan fingerprint density at radius 2 is 1.12 bits per heavy atom. The van der Waals surface area contributed by atoms with Crippen molar-refractivity contribution in [3.05, 3.63) is 152 Å². The monoisotopic (exact) mass is 555 g/mol. The van der Waals surface area contributed by atoms with E-state index in [2.05, 4.69) is 166 Å². The minimum atomic E-state index is 1.11. The van der Waals surface area contributed by atoms with Gasteiger partial charge in [0, 0.05) is 48.2 Å². The molecule has 0 aliphatic rings. The highest BCUT2D eigenvalue weighted by molar-refractivity contribution is 7.25. The standard InChI is InChI=1S/C38H25N3S/c1-4-12-26(13-5-1)39-23-22-31-34(39)21-20-30-32-25-37-33(29-18-10-11-19-36(29)42-37)24-35(32)41(38(30)31)40(27-14-6-2-7-15-27)28-16-8-3-9-17-28/h1-25H. The lowest BCUT2D eigenvalue weighted by Crippen LogP contribution is -2.24. The molecule has 0 saturated heterocycles. The predicted molar refractivity (Wildman–Crippen MR) is 180 cm³/mol. The first-order chi connectivity index (χ1) is 20.8. The van der Waals surface area contributed by atoms with Crippen molar-refractivity contribution in [2.75, 3.05) is 5.01 Å². The van der Waals surface area contributed by atoms with Crippen molar-refractivity contribution >= 4 is 75.6 Å². The van der Waals surface area contributed by atoms with Gasteiger partial charge in [-0.05, 0) is 72.8 Å². The van der Waals surface area contributed by atoms with Gasteiger partial charge in [-0.1, -0.05) is 72.8 Å². The van der Waals surface area contributed by atoms with Crippen LogP contribution in [-0.2, 0) is 0 Å². The van der Waals surface area contributed by atoms with E-state index in [1.807, 2.05) is 11.3 Å². The highest BCUT2D eigenvalue weighted by Crippen LogP contribution is 2.43. The van der Waals surface area contributed by atoms with E-state index in [1.165, 1.54) is 52.9 Å². The van der Waals surface area contributed by atoms with Gasteiger partial charge in [-0.3, -0.25) is 0 Å². The van der Waals surface area contributed by atoms with Crippen LogP contribution < -0.4 is 5.01 Å². The Balaban J connectivity index is 1.47. The van der Waals surface area contributed by atoms with Gasteiger partial charge in [-0.15, -0.1) is 11.3 Å². The van der Waals surface area contributed by atoms with Crippen molar-refractivity contribution in [1.82, 2.24) is 9.24 Å². The molecule has 3 aromatic heterocycles. The molecule has 3 heterocycles. The van der Waals surface area contributed by atoms with Gasteiger partial charge >= 0.3 is 0 Å².